The Kier molecular flexibility index (Phi) is 3.83. The molecule has 2 aromatic rings. The highest BCUT2D eigenvalue weighted by molar-refractivity contribution is 7.91. The summed E-state index contributed by atoms with van der Waals surface area (Å²) in [5.74, 6) is -1.39. The van der Waals surface area contributed by atoms with Gasteiger partial charge in [0.25, 0.3) is 10.0 Å². The number of sulfonamides is 1. The summed E-state index contributed by atoms with van der Waals surface area (Å²) < 4.78 is 25.8. The van der Waals surface area contributed by atoms with Gasteiger partial charge in [-0.15, -0.1) is 11.3 Å². The van der Waals surface area contributed by atoms with Gasteiger partial charge in [0.05, 0.1) is 17.7 Å². The summed E-state index contributed by atoms with van der Waals surface area (Å²) in [7, 11) is -3.93. The molecule has 0 aromatic carbocycles. The third-order valence-electron chi connectivity index (χ3n) is 2.05. The molecule has 19 heavy (non-hydrogen) atoms. The Bertz CT molecular complexity index is 683. The number of nitrogens with zero attached hydrogens (tertiary/aromatic N) is 3. The molecule has 2 rings (SSSR count). The highest BCUT2D eigenvalue weighted by Crippen LogP contribution is 2.19. The van der Waals surface area contributed by atoms with Gasteiger partial charge in [-0.3, -0.25) is 0 Å². The topological polar surface area (TPSA) is 122 Å². The Labute approximate surface area is 112 Å². The number of aromatic carboxylic acids is 1. The van der Waals surface area contributed by atoms with Crippen molar-refractivity contribution in [3.8, 4) is 0 Å². The van der Waals surface area contributed by atoms with Crippen molar-refractivity contribution in [1.82, 2.24) is 19.9 Å². The lowest BCUT2D eigenvalue weighted by Crippen LogP contribution is -2.24. The second-order valence-corrected chi connectivity index (χ2v) is 6.15. The van der Waals surface area contributed by atoms with E-state index in [-0.39, 0.29) is 10.8 Å². The van der Waals surface area contributed by atoms with Crippen molar-refractivity contribution in [2.75, 3.05) is 0 Å². The van der Waals surface area contributed by atoms with Gasteiger partial charge in [0.2, 0.25) is 0 Å². The molecular formula is C9H8N4O4S2. The summed E-state index contributed by atoms with van der Waals surface area (Å²) in [6.07, 6.45) is 1.46. The largest absolute Gasteiger partial charge is 0.476 e. The molecular weight excluding hydrogens is 292 g/mol. The monoisotopic (exact) mass is 300 g/mol. The van der Waals surface area contributed by atoms with E-state index in [1.54, 1.807) is 12.1 Å². The second kappa shape index (κ2) is 5.38. The van der Waals surface area contributed by atoms with E-state index >= 15 is 0 Å². The molecule has 2 N–H and O–H groups in total. The molecule has 8 nitrogen and oxygen atoms in total. The van der Waals surface area contributed by atoms with Gasteiger partial charge >= 0.3 is 5.97 Å². The molecule has 0 bridgehead atoms. The van der Waals surface area contributed by atoms with Crippen molar-refractivity contribution in [3.63, 3.8) is 0 Å². The van der Waals surface area contributed by atoms with E-state index in [1.165, 1.54) is 11.7 Å². The summed E-state index contributed by atoms with van der Waals surface area (Å²) in [6.45, 7) is -0.0763. The molecule has 0 atom stereocenters. The third-order valence-corrected chi connectivity index (χ3v) is 4.82. The zero-order chi connectivity index (χ0) is 13.9. The molecule has 0 aliphatic rings. The van der Waals surface area contributed by atoms with E-state index in [2.05, 4.69) is 19.9 Å². The maximum absolute atomic E-state index is 11.9. The number of aromatic nitrogens is 3. The highest BCUT2D eigenvalue weighted by atomic mass is 32.2. The first kappa shape index (κ1) is 13.5. The fourth-order valence-electron chi connectivity index (χ4n) is 1.23. The molecule has 10 heteroatoms. The molecule has 0 unspecified atom stereocenters. The van der Waals surface area contributed by atoms with Gasteiger partial charge in [0.1, 0.15) is 0 Å². The van der Waals surface area contributed by atoms with Crippen molar-refractivity contribution in [3.05, 3.63) is 35.2 Å². The zero-order valence-electron chi connectivity index (χ0n) is 9.35. The Hall–Kier alpha value is -1.91. The van der Waals surface area contributed by atoms with Gasteiger partial charge in [0, 0.05) is 6.20 Å². The molecule has 0 spiro atoms. The van der Waals surface area contributed by atoms with Crippen LogP contribution in [0.15, 0.2) is 28.0 Å². The van der Waals surface area contributed by atoms with Crippen LogP contribution in [0.25, 0.3) is 0 Å². The van der Waals surface area contributed by atoms with Gasteiger partial charge in [-0.25, -0.2) is 22.9 Å². The fraction of sp³-hybridized carbons (Fsp3) is 0.111. The number of hydrogen-bond donors (Lipinski definition) is 2. The lowest BCUT2D eigenvalue weighted by molar-refractivity contribution is 0.0687. The molecule has 0 radical (unpaired) electrons. The summed E-state index contributed by atoms with van der Waals surface area (Å²) in [5, 5.41) is 16.2. The highest BCUT2D eigenvalue weighted by Gasteiger charge is 2.25. The van der Waals surface area contributed by atoms with Crippen molar-refractivity contribution in [2.24, 2.45) is 0 Å². The van der Waals surface area contributed by atoms with E-state index in [0.717, 1.165) is 11.3 Å². The van der Waals surface area contributed by atoms with Gasteiger partial charge in [0.15, 0.2) is 9.90 Å². The van der Waals surface area contributed by atoms with Crippen LogP contribution in [0.1, 0.15) is 16.2 Å². The minimum Gasteiger partial charge on any atom is -0.476 e. The van der Waals surface area contributed by atoms with Crippen LogP contribution in [-0.4, -0.2) is 34.7 Å². The Morgan fingerprint density at radius 3 is 2.89 bits per heavy atom. The zero-order valence-corrected chi connectivity index (χ0v) is 11.0. The van der Waals surface area contributed by atoms with E-state index in [9.17, 15) is 13.2 Å². The van der Waals surface area contributed by atoms with Crippen molar-refractivity contribution in [1.29, 1.82) is 0 Å². The fourth-order valence-corrected chi connectivity index (χ4v) is 3.41. The summed E-state index contributed by atoms with van der Waals surface area (Å²) in [5.41, 5.74) is 1.10. The second-order valence-electron chi connectivity index (χ2n) is 3.33. The smallest absolute Gasteiger partial charge is 0.356 e. The molecule has 100 valence electrons. The van der Waals surface area contributed by atoms with Crippen LogP contribution in [0.3, 0.4) is 0 Å². The van der Waals surface area contributed by atoms with Crippen molar-refractivity contribution in [2.45, 2.75) is 10.8 Å². The van der Waals surface area contributed by atoms with Crippen LogP contribution in [0, 0.1) is 0 Å². The molecule has 2 heterocycles. The maximum atomic E-state index is 11.9. The lowest BCUT2D eigenvalue weighted by Gasteiger charge is -2.04. The molecule has 0 amide bonds. The van der Waals surface area contributed by atoms with Gasteiger partial charge in [-0.1, -0.05) is 0 Å². The third kappa shape index (κ3) is 3.10. The quantitative estimate of drug-likeness (QED) is 0.803. The predicted molar refractivity (Wildman–Crippen MR) is 65.1 cm³/mol. The van der Waals surface area contributed by atoms with Gasteiger partial charge < -0.3 is 5.11 Å². The number of hydrogen-bond acceptors (Lipinski definition) is 7. The molecule has 0 aliphatic heterocycles. The maximum Gasteiger partial charge on any atom is 0.356 e. The number of thiazole rings is 1. The van der Waals surface area contributed by atoms with Crippen LogP contribution in [0.4, 0.5) is 0 Å². The van der Waals surface area contributed by atoms with Crippen LogP contribution >= 0.6 is 11.3 Å². The van der Waals surface area contributed by atoms with Crippen molar-refractivity contribution >= 4 is 27.3 Å². The molecule has 0 fully saturated rings. The summed E-state index contributed by atoms with van der Waals surface area (Å²) in [4.78, 5) is 14.3. The number of carboxylic acid groups (broad SMARTS) is 1. The Balaban J connectivity index is 2.19. The number of carboxylic acids is 1. The van der Waals surface area contributed by atoms with Gasteiger partial charge in [-0.2, -0.15) is 10.2 Å². The first-order valence-corrected chi connectivity index (χ1v) is 7.30. The minimum absolute atomic E-state index is 0.0763. The van der Waals surface area contributed by atoms with Crippen LogP contribution in [0.2, 0.25) is 0 Å². The number of nitrogens with one attached hydrogen (secondary N) is 1. The van der Waals surface area contributed by atoms with Crippen molar-refractivity contribution < 1.29 is 18.3 Å². The Morgan fingerprint density at radius 1 is 1.47 bits per heavy atom. The molecule has 2 aromatic heterocycles. The SMILES string of the molecule is O=C(O)c1ncsc1S(=O)(=O)NCc1cccnn1. The average molecular weight is 300 g/mol. The van der Waals surface area contributed by atoms with E-state index in [1.807, 2.05) is 0 Å². The molecule has 0 saturated carbocycles. The summed E-state index contributed by atoms with van der Waals surface area (Å²) >= 11 is 0.742. The predicted octanol–water partition coefficient (Wildman–Crippen LogP) is 0.110. The number of rotatable bonds is 5. The van der Waals surface area contributed by atoms with Crippen LogP contribution in [-0.2, 0) is 16.6 Å². The molecule has 0 saturated heterocycles. The van der Waals surface area contributed by atoms with E-state index < -0.39 is 21.7 Å². The number of carbonyl (C=O) groups is 1. The van der Waals surface area contributed by atoms with Crippen LogP contribution in [0.5, 0.6) is 0 Å². The van der Waals surface area contributed by atoms with E-state index in [4.69, 9.17) is 5.11 Å². The first-order valence-electron chi connectivity index (χ1n) is 4.94. The Morgan fingerprint density at radius 2 is 2.26 bits per heavy atom. The minimum atomic E-state index is -3.93. The summed E-state index contributed by atoms with van der Waals surface area (Å²) in [6, 6.07) is 3.21. The normalized spacial score (nSPS) is 11.4. The van der Waals surface area contributed by atoms with E-state index in [0.29, 0.717) is 5.69 Å². The van der Waals surface area contributed by atoms with Gasteiger partial charge in [-0.05, 0) is 12.1 Å². The molecule has 0 aliphatic carbocycles. The average Bonchev–Trinajstić information content (AvgIpc) is 2.88. The lowest BCUT2D eigenvalue weighted by atomic mass is 10.4. The first-order chi connectivity index (χ1) is 9.00. The standard InChI is InChI=1S/C9H8N4O4S2/c14-8(15)7-9(18-5-10-7)19(16,17)12-4-6-2-1-3-11-13-6/h1-3,5,12H,4H2,(H,14,15). The van der Waals surface area contributed by atoms with Crippen LogP contribution < -0.4 is 4.72 Å².